The summed E-state index contributed by atoms with van der Waals surface area (Å²) in [6.45, 7) is 2.45. The predicted molar refractivity (Wildman–Crippen MR) is 75.3 cm³/mol. The molecule has 96 valence electrons. The molecule has 0 aliphatic rings. The van der Waals surface area contributed by atoms with Crippen molar-refractivity contribution in [2.75, 3.05) is 6.61 Å². The molecule has 1 aromatic heterocycles. The lowest BCUT2D eigenvalue weighted by atomic mass is 10.1. The van der Waals surface area contributed by atoms with Crippen LogP contribution in [0.5, 0.6) is 5.88 Å². The summed E-state index contributed by atoms with van der Waals surface area (Å²) in [5, 5.41) is 0. The van der Waals surface area contributed by atoms with Gasteiger partial charge in [0.1, 0.15) is 12.9 Å². The van der Waals surface area contributed by atoms with Gasteiger partial charge in [-0.25, -0.2) is 4.98 Å². The molecule has 19 heavy (non-hydrogen) atoms. The van der Waals surface area contributed by atoms with Crippen LogP contribution in [0.1, 0.15) is 21.5 Å². The Morgan fingerprint density at radius 2 is 1.84 bits per heavy atom. The monoisotopic (exact) mass is 253 g/mol. The highest BCUT2D eigenvalue weighted by atomic mass is 16.5. The Labute approximate surface area is 112 Å². The van der Waals surface area contributed by atoms with E-state index in [-0.39, 0.29) is 0 Å². The van der Waals surface area contributed by atoms with Crippen LogP contribution >= 0.6 is 0 Å². The van der Waals surface area contributed by atoms with E-state index in [9.17, 15) is 4.79 Å². The Bertz CT molecular complexity index is 556. The predicted octanol–water partition coefficient (Wildman–Crippen LogP) is 3.29. The second-order valence-electron chi connectivity index (χ2n) is 4.17. The highest BCUT2D eigenvalue weighted by Gasteiger charge is 1.92. The normalized spacial score (nSPS) is 10.6. The van der Waals surface area contributed by atoms with E-state index < -0.39 is 0 Å². The first-order valence-corrected chi connectivity index (χ1v) is 6.05. The smallest absolute Gasteiger partial charge is 0.213 e. The van der Waals surface area contributed by atoms with E-state index in [4.69, 9.17) is 4.74 Å². The van der Waals surface area contributed by atoms with E-state index >= 15 is 0 Å². The van der Waals surface area contributed by atoms with E-state index in [2.05, 4.69) is 4.98 Å². The van der Waals surface area contributed by atoms with Crippen molar-refractivity contribution in [3.63, 3.8) is 0 Å². The quantitative estimate of drug-likeness (QED) is 0.767. The maximum Gasteiger partial charge on any atom is 0.213 e. The molecule has 2 rings (SSSR count). The maximum atomic E-state index is 10.5. The van der Waals surface area contributed by atoms with Crippen LogP contribution < -0.4 is 4.74 Å². The van der Waals surface area contributed by atoms with Gasteiger partial charge in [-0.15, -0.1) is 0 Å². The van der Waals surface area contributed by atoms with Crippen LogP contribution in [0.2, 0.25) is 0 Å². The van der Waals surface area contributed by atoms with Crippen molar-refractivity contribution in [2.24, 2.45) is 0 Å². The number of rotatable bonds is 5. The highest BCUT2D eigenvalue weighted by Crippen LogP contribution is 2.07. The molecule has 0 saturated heterocycles. The van der Waals surface area contributed by atoms with Crippen molar-refractivity contribution >= 4 is 12.4 Å². The molecule has 1 aromatic carbocycles. The third-order valence-corrected chi connectivity index (χ3v) is 2.59. The zero-order chi connectivity index (χ0) is 13.5. The molecule has 3 nitrogen and oxygen atoms in total. The summed E-state index contributed by atoms with van der Waals surface area (Å²) < 4.78 is 5.47. The van der Waals surface area contributed by atoms with Crippen molar-refractivity contribution in [1.82, 2.24) is 4.98 Å². The van der Waals surface area contributed by atoms with Gasteiger partial charge >= 0.3 is 0 Å². The molecule has 0 saturated carbocycles. The van der Waals surface area contributed by atoms with Gasteiger partial charge in [-0.3, -0.25) is 4.79 Å². The summed E-state index contributed by atoms with van der Waals surface area (Å²) in [7, 11) is 0. The molecule has 0 atom stereocenters. The first-order chi connectivity index (χ1) is 9.28. The summed E-state index contributed by atoms with van der Waals surface area (Å²) in [5.74, 6) is 0.617. The molecule has 1 heterocycles. The van der Waals surface area contributed by atoms with E-state index in [1.807, 2.05) is 43.3 Å². The molecule has 0 fully saturated rings. The molecule has 0 unspecified atom stereocenters. The van der Waals surface area contributed by atoms with Gasteiger partial charge in [0.2, 0.25) is 5.88 Å². The zero-order valence-corrected chi connectivity index (χ0v) is 10.7. The second kappa shape index (κ2) is 6.50. The van der Waals surface area contributed by atoms with Gasteiger partial charge in [0.15, 0.2) is 0 Å². The maximum absolute atomic E-state index is 10.5. The fraction of sp³-hybridized carbons (Fsp3) is 0.125. The number of aryl methyl sites for hydroxylation is 1. The largest absolute Gasteiger partial charge is 0.473 e. The first kappa shape index (κ1) is 13.0. The van der Waals surface area contributed by atoms with Crippen molar-refractivity contribution < 1.29 is 9.53 Å². The van der Waals surface area contributed by atoms with Crippen molar-refractivity contribution in [3.8, 4) is 5.88 Å². The topological polar surface area (TPSA) is 39.2 Å². The van der Waals surface area contributed by atoms with Gasteiger partial charge < -0.3 is 4.74 Å². The number of nitrogens with zero attached hydrogens (tertiary/aromatic N) is 1. The average molecular weight is 253 g/mol. The van der Waals surface area contributed by atoms with E-state index in [0.717, 1.165) is 17.4 Å². The molecule has 0 radical (unpaired) electrons. The van der Waals surface area contributed by atoms with Crippen LogP contribution in [0.25, 0.3) is 6.08 Å². The Morgan fingerprint density at radius 1 is 1.11 bits per heavy atom. The number of aldehydes is 1. The lowest BCUT2D eigenvalue weighted by molar-refractivity contribution is 0.112. The Balaban J connectivity index is 1.85. The third kappa shape index (κ3) is 4.07. The molecular formula is C16H15NO2. The Hall–Kier alpha value is -2.42. The lowest BCUT2D eigenvalue weighted by Gasteiger charge is -2.01. The number of ether oxygens (including phenoxy) is 1. The van der Waals surface area contributed by atoms with Gasteiger partial charge in [-0.1, -0.05) is 36.4 Å². The van der Waals surface area contributed by atoms with Crippen LogP contribution in [0.4, 0.5) is 0 Å². The molecule has 0 aliphatic carbocycles. The van der Waals surface area contributed by atoms with Crippen LogP contribution in [0, 0.1) is 6.92 Å². The molecule has 0 amide bonds. The summed E-state index contributed by atoms with van der Waals surface area (Å²) in [5.41, 5.74) is 2.82. The average Bonchev–Trinajstić information content (AvgIpc) is 2.46. The van der Waals surface area contributed by atoms with Gasteiger partial charge in [-0.2, -0.15) is 0 Å². The lowest BCUT2D eigenvalue weighted by Crippen LogP contribution is -1.95. The molecule has 0 aliphatic heterocycles. The third-order valence-electron chi connectivity index (χ3n) is 2.59. The summed E-state index contributed by atoms with van der Waals surface area (Å²) in [6.07, 6.45) is 6.47. The molecule has 0 spiro atoms. The van der Waals surface area contributed by atoms with Gasteiger partial charge in [0.05, 0.1) is 0 Å². The van der Waals surface area contributed by atoms with E-state index in [1.54, 1.807) is 18.3 Å². The molecule has 3 heteroatoms. The minimum absolute atomic E-state index is 0.464. The summed E-state index contributed by atoms with van der Waals surface area (Å²) in [6, 6.07) is 11.2. The Kier molecular flexibility index (Phi) is 4.45. The number of benzene rings is 1. The highest BCUT2D eigenvalue weighted by molar-refractivity contribution is 5.75. The molecular weight excluding hydrogens is 238 g/mol. The minimum atomic E-state index is 0.464. The van der Waals surface area contributed by atoms with Crippen molar-refractivity contribution in [3.05, 3.63) is 65.4 Å². The van der Waals surface area contributed by atoms with Gasteiger partial charge in [0.25, 0.3) is 0 Å². The standard InChI is InChI=1S/C16H15NO2/c1-13-4-9-16(17-11-13)19-10-2-3-14-5-7-15(12-18)8-6-14/h2-9,11-12H,10H2,1H3. The van der Waals surface area contributed by atoms with Crippen LogP contribution in [0.15, 0.2) is 48.7 Å². The van der Waals surface area contributed by atoms with E-state index in [1.165, 1.54) is 0 Å². The SMILES string of the molecule is Cc1ccc(OCC=Cc2ccc(C=O)cc2)nc1. The second-order valence-corrected chi connectivity index (χ2v) is 4.17. The fourth-order valence-corrected chi connectivity index (χ4v) is 1.54. The minimum Gasteiger partial charge on any atom is -0.473 e. The van der Waals surface area contributed by atoms with E-state index in [0.29, 0.717) is 18.1 Å². The number of aromatic nitrogens is 1. The van der Waals surface area contributed by atoms with Crippen LogP contribution in [-0.4, -0.2) is 17.9 Å². The number of hydrogen-bond acceptors (Lipinski definition) is 3. The molecule has 2 aromatic rings. The number of hydrogen-bond donors (Lipinski definition) is 0. The summed E-state index contributed by atoms with van der Waals surface area (Å²) in [4.78, 5) is 14.7. The van der Waals surface area contributed by atoms with Gasteiger partial charge in [0, 0.05) is 17.8 Å². The van der Waals surface area contributed by atoms with Gasteiger partial charge in [-0.05, 0) is 24.1 Å². The summed E-state index contributed by atoms with van der Waals surface area (Å²) >= 11 is 0. The number of carbonyl (C=O) groups excluding carboxylic acids is 1. The van der Waals surface area contributed by atoms with Crippen LogP contribution in [0.3, 0.4) is 0 Å². The zero-order valence-electron chi connectivity index (χ0n) is 10.7. The Morgan fingerprint density at radius 3 is 2.47 bits per heavy atom. The fourth-order valence-electron chi connectivity index (χ4n) is 1.54. The van der Waals surface area contributed by atoms with Crippen molar-refractivity contribution in [2.45, 2.75) is 6.92 Å². The first-order valence-electron chi connectivity index (χ1n) is 6.05. The number of carbonyl (C=O) groups is 1. The molecule has 0 bridgehead atoms. The van der Waals surface area contributed by atoms with Crippen molar-refractivity contribution in [1.29, 1.82) is 0 Å². The van der Waals surface area contributed by atoms with Crippen LogP contribution in [-0.2, 0) is 0 Å². The number of pyridine rings is 1. The molecule has 0 N–H and O–H groups in total.